The third kappa shape index (κ3) is 2.84. The standard InChI is InChI=1S/C19H20N2/c1-13-8-9-18(14(2)10-13)21-15(3)11-16-12-20-19-7-5-4-6-17(16)19/h4-10,12,20-21H,3,11H2,1-2H3. The Bertz CT molecular complexity index is 796. The first-order valence-electron chi connectivity index (χ1n) is 7.20. The van der Waals surface area contributed by atoms with Gasteiger partial charge in [-0.1, -0.05) is 42.5 Å². The quantitative estimate of drug-likeness (QED) is 0.693. The van der Waals surface area contributed by atoms with Crippen molar-refractivity contribution in [2.75, 3.05) is 5.32 Å². The average molecular weight is 276 g/mol. The number of hydrogen-bond acceptors (Lipinski definition) is 1. The molecule has 2 nitrogen and oxygen atoms in total. The topological polar surface area (TPSA) is 27.8 Å². The monoisotopic (exact) mass is 276 g/mol. The molecular formula is C19H20N2. The molecule has 106 valence electrons. The third-order valence-corrected chi connectivity index (χ3v) is 3.77. The number of rotatable bonds is 4. The molecular weight excluding hydrogens is 256 g/mol. The van der Waals surface area contributed by atoms with Gasteiger partial charge in [-0.3, -0.25) is 0 Å². The van der Waals surface area contributed by atoms with Crippen molar-refractivity contribution < 1.29 is 0 Å². The van der Waals surface area contributed by atoms with E-state index in [1.807, 2.05) is 6.07 Å². The number of aryl methyl sites for hydroxylation is 2. The van der Waals surface area contributed by atoms with Gasteiger partial charge < -0.3 is 10.3 Å². The van der Waals surface area contributed by atoms with E-state index in [1.165, 1.54) is 27.6 Å². The van der Waals surface area contributed by atoms with Crippen LogP contribution in [0.1, 0.15) is 16.7 Å². The van der Waals surface area contributed by atoms with Crippen molar-refractivity contribution in [2.45, 2.75) is 20.3 Å². The maximum Gasteiger partial charge on any atom is 0.0456 e. The Balaban J connectivity index is 1.77. The van der Waals surface area contributed by atoms with E-state index < -0.39 is 0 Å². The molecule has 3 aromatic rings. The van der Waals surface area contributed by atoms with Gasteiger partial charge >= 0.3 is 0 Å². The highest BCUT2D eigenvalue weighted by molar-refractivity contribution is 5.83. The fraction of sp³-hybridized carbons (Fsp3) is 0.158. The average Bonchev–Trinajstić information content (AvgIpc) is 2.85. The van der Waals surface area contributed by atoms with Gasteiger partial charge in [0.1, 0.15) is 0 Å². The molecule has 1 aromatic heterocycles. The number of benzene rings is 2. The van der Waals surface area contributed by atoms with Crippen molar-refractivity contribution in [3.63, 3.8) is 0 Å². The normalized spacial score (nSPS) is 10.8. The molecule has 0 amide bonds. The Morgan fingerprint density at radius 1 is 1.14 bits per heavy atom. The lowest BCUT2D eigenvalue weighted by molar-refractivity contribution is 1.16. The maximum absolute atomic E-state index is 4.17. The molecule has 0 bridgehead atoms. The highest BCUT2D eigenvalue weighted by atomic mass is 14.9. The van der Waals surface area contributed by atoms with Crippen LogP contribution >= 0.6 is 0 Å². The van der Waals surface area contributed by atoms with Gasteiger partial charge in [0.15, 0.2) is 0 Å². The molecule has 0 aliphatic rings. The highest BCUT2D eigenvalue weighted by Crippen LogP contribution is 2.22. The summed E-state index contributed by atoms with van der Waals surface area (Å²) in [6.45, 7) is 8.40. The van der Waals surface area contributed by atoms with Gasteiger partial charge in [-0.15, -0.1) is 0 Å². The summed E-state index contributed by atoms with van der Waals surface area (Å²) in [4.78, 5) is 3.31. The zero-order valence-electron chi connectivity index (χ0n) is 12.5. The Morgan fingerprint density at radius 3 is 2.76 bits per heavy atom. The van der Waals surface area contributed by atoms with Crippen LogP contribution in [0, 0.1) is 13.8 Å². The summed E-state index contributed by atoms with van der Waals surface area (Å²) in [7, 11) is 0. The minimum absolute atomic E-state index is 0.817. The van der Waals surface area contributed by atoms with E-state index in [2.05, 4.69) is 73.3 Å². The second kappa shape index (κ2) is 5.49. The van der Waals surface area contributed by atoms with Crippen LogP contribution in [-0.4, -0.2) is 4.98 Å². The summed E-state index contributed by atoms with van der Waals surface area (Å²) in [5, 5.41) is 4.70. The van der Waals surface area contributed by atoms with E-state index in [4.69, 9.17) is 0 Å². The Morgan fingerprint density at radius 2 is 1.95 bits per heavy atom. The van der Waals surface area contributed by atoms with Crippen LogP contribution < -0.4 is 5.32 Å². The third-order valence-electron chi connectivity index (χ3n) is 3.77. The smallest absolute Gasteiger partial charge is 0.0456 e. The van der Waals surface area contributed by atoms with Crippen molar-refractivity contribution in [2.24, 2.45) is 0 Å². The minimum Gasteiger partial charge on any atom is -0.361 e. The molecule has 1 heterocycles. The van der Waals surface area contributed by atoms with E-state index in [-0.39, 0.29) is 0 Å². The first kappa shape index (κ1) is 13.5. The number of H-pyrrole nitrogens is 1. The number of anilines is 1. The van der Waals surface area contributed by atoms with Crippen LogP contribution in [0.2, 0.25) is 0 Å². The Labute approximate surface area is 125 Å². The molecule has 2 N–H and O–H groups in total. The van der Waals surface area contributed by atoms with Crippen LogP contribution in [0.15, 0.2) is 60.9 Å². The van der Waals surface area contributed by atoms with Crippen LogP contribution in [0.3, 0.4) is 0 Å². The number of hydrogen-bond donors (Lipinski definition) is 2. The molecule has 0 saturated heterocycles. The minimum atomic E-state index is 0.817. The predicted molar refractivity (Wildman–Crippen MR) is 90.7 cm³/mol. The molecule has 2 aromatic carbocycles. The molecule has 2 heteroatoms. The first-order chi connectivity index (χ1) is 10.1. The molecule has 21 heavy (non-hydrogen) atoms. The van der Waals surface area contributed by atoms with Gasteiger partial charge in [0.05, 0.1) is 0 Å². The molecule has 3 rings (SSSR count). The molecule has 0 atom stereocenters. The fourth-order valence-electron chi connectivity index (χ4n) is 2.70. The van der Waals surface area contributed by atoms with Crippen molar-refractivity contribution in [1.29, 1.82) is 0 Å². The molecule has 0 radical (unpaired) electrons. The van der Waals surface area contributed by atoms with Crippen molar-refractivity contribution in [3.05, 3.63) is 77.6 Å². The fourth-order valence-corrected chi connectivity index (χ4v) is 2.70. The van der Waals surface area contributed by atoms with Gasteiger partial charge in [0.2, 0.25) is 0 Å². The van der Waals surface area contributed by atoms with Crippen molar-refractivity contribution >= 4 is 16.6 Å². The molecule has 0 saturated carbocycles. The number of fused-ring (bicyclic) bond motifs is 1. The molecule has 0 spiro atoms. The number of para-hydroxylation sites is 1. The summed E-state index contributed by atoms with van der Waals surface area (Å²) in [6.07, 6.45) is 2.89. The molecule has 0 aliphatic carbocycles. The second-order valence-electron chi connectivity index (χ2n) is 5.58. The van der Waals surface area contributed by atoms with Gasteiger partial charge in [-0.05, 0) is 37.1 Å². The number of nitrogens with one attached hydrogen (secondary N) is 2. The van der Waals surface area contributed by atoms with E-state index >= 15 is 0 Å². The number of aromatic nitrogens is 1. The Kier molecular flexibility index (Phi) is 3.53. The number of aromatic amines is 1. The highest BCUT2D eigenvalue weighted by Gasteiger charge is 2.06. The summed E-state index contributed by atoms with van der Waals surface area (Å²) in [6, 6.07) is 14.8. The van der Waals surface area contributed by atoms with Crippen LogP contribution in [0.4, 0.5) is 5.69 Å². The van der Waals surface area contributed by atoms with Crippen LogP contribution in [-0.2, 0) is 6.42 Å². The SMILES string of the molecule is C=C(Cc1c[nH]c2ccccc12)Nc1ccc(C)cc1C. The molecule has 0 unspecified atom stereocenters. The van der Waals surface area contributed by atoms with Gasteiger partial charge in [-0.2, -0.15) is 0 Å². The molecule has 0 aliphatic heterocycles. The van der Waals surface area contributed by atoms with E-state index in [1.54, 1.807) is 0 Å². The van der Waals surface area contributed by atoms with Crippen molar-refractivity contribution in [3.8, 4) is 0 Å². The Hall–Kier alpha value is -2.48. The van der Waals surface area contributed by atoms with Gasteiger partial charge in [0, 0.05) is 34.9 Å². The summed E-state index contributed by atoms with van der Waals surface area (Å²) in [5.74, 6) is 0. The lowest BCUT2D eigenvalue weighted by atomic mass is 10.1. The molecule has 0 fully saturated rings. The summed E-state index contributed by atoms with van der Waals surface area (Å²) >= 11 is 0. The lowest BCUT2D eigenvalue weighted by Gasteiger charge is -2.12. The zero-order chi connectivity index (χ0) is 14.8. The maximum atomic E-state index is 4.17. The van der Waals surface area contributed by atoms with Crippen LogP contribution in [0.5, 0.6) is 0 Å². The first-order valence-corrected chi connectivity index (χ1v) is 7.20. The number of allylic oxidation sites excluding steroid dienone is 1. The van der Waals surface area contributed by atoms with Gasteiger partial charge in [-0.25, -0.2) is 0 Å². The zero-order valence-corrected chi connectivity index (χ0v) is 12.5. The van der Waals surface area contributed by atoms with E-state index in [0.29, 0.717) is 0 Å². The van der Waals surface area contributed by atoms with Crippen molar-refractivity contribution in [1.82, 2.24) is 4.98 Å². The summed E-state index contributed by atoms with van der Waals surface area (Å²) in [5.41, 5.74) is 7.10. The lowest BCUT2D eigenvalue weighted by Crippen LogP contribution is -2.02. The van der Waals surface area contributed by atoms with E-state index in [0.717, 1.165) is 17.8 Å². The van der Waals surface area contributed by atoms with Gasteiger partial charge in [0.25, 0.3) is 0 Å². The second-order valence-corrected chi connectivity index (χ2v) is 5.58. The van der Waals surface area contributed by atoms with E-state index in [9.17, 15) is 0 Å². The van der Waals surface area contributed by atoms with Crippen LogP contribution in [0.25, 0.3) is 10.9 Å². The largest absolute Gasteiger partial charge is 0.361 e. The predicted octanol–water partition coefficient (Wildman–Crippen LogP) is 4.95. The summed E-state index contributed by atoms with van der Waals surface area (Å²) < 4.78 is 0.